The summed E-state index contributed by atoms with van der Waals surface area (Å²) in [5, 5.41) is 8.47. The van der Waals surface area contributed by atoms with Gasteiger partial charge in [-0.2, -0.15) is 0 Å². The van der Waals surface area contributed by atoms with Crippen molar-refractivity contribution in [2.75, 3.05) is 20.6 Å². The minimum atomic E-state index is 0.688. The Morgan fingerprint density at radius 3 is 2.67 bits per heavy atom. The molecule has 0 aliphatic heterocycles. The van der Waals surface area contributed by atoms with Crippen LogP contribution in [0.5, 0.6) is 0 Å². The number of rotatable bonds is 6. The predicted octanol–water partition coefficient (Wildman–Crippen LogP) is 1.52. The summed E-state index contributed by atoms with van der Waals surface area (Å²) >= 11 is 0. The zero-order chi connectivity index (χ0) is 9.45. The van der Waals surface area contributed by atoms with E-state index in [1.165, 1.54) is 6.42 Å². The second kappa shape index (κ2) is 5.85. The van der Waals surface area contributed by atoms with E-state index < -0.39 is 0 Å². The summed E-state index contributed by atoms with van der Waals surface area (Å²) in [5.74, 6) is 2.08. The molecule has 0 N–H and O–H groups in total. The number of quaternary nitrogens is 1. The first-order valence-electron chi connectivity index (χ1n) is 4.30. The van der Waals surface area contributed by atoms with Gasteiger partial charge in [-0.1, -0.05) is 6.08 Å². The van der Waals surface area contributed by atoms with Crippen molar-refractivity contribution in [2.24, 2.45) is 0 Å². The Morgan fingerprint density at radius 2 is 2.17 bits per heavy atom. The number of hydrogen-bond acceptors (Lipinski definition) is 1. The summed E-state index contributed by atoms with van der Waals surface area (Å²) in [5.41, 5.74) is 0. The topological polar surface area (TPSA) is 23.8 Å². The van der Waals surface area contributed by atoms with Crippen LogP contribution in [0.1, 0.15) is 19.3 Å². The molecule has 2 nitrogen and oxygen atoms in total. The SMILES string of the molecule is C=CCCCC[N+](C)(C)[B-]C#N. The molecule has 0 amide bonds. The molecular formula is C9H17BN2. The summed E-state index contributed by atoms with van der Waals surface area (Å²) in [7, 11) is 5.74. The van der Waals surface area contributed by atoms with Crippen LogP contribution in [-0.4, -0.2) is 32.4 Å². The maximum atomic E-state index is 8.47. The molecule has 0 aromatic carbocycles. The van der Waals surface area contributed by atoms with Crippen LogP contribution < -0.4 is 0 Å². The van der Waals surface area contributed by atoms with E-state index in [0.29, 0.717) is 4.39 Å². The van der Waals surface area contributed by atoms with Crippen molar-refractivity contribution in [3.63, 3.8) is 0 Å². The van der Waals surface area contributed by atoms with Crippen LogP contribution in [0.15, 0.2) is 12.7 Å². The van der Waals surface area contributed by atoms with Gasteiger partial charge in [0.1, 0.15) is 7.41 Å². The lowest BCUT2D eigenvalue weighted by molar-refractivity contribution is -0.777. The van der Waals surface area contributed by atoms with Gasteiger partial charge in [0.2, 0.25) is 0 Å². The summed E-state index contributed by atoms with van der Waals surface area (Å²) < 4.78 is 0.688. The molecule has 0 aliphatic rings. The fourth-order valence-corrected chi connectivity index (χ4v) is 1.03. The Labute approximate surface area is 76.3 Å². The molecule has 12 heavy (non-hydrogen) atoms. The van der Waals surface area contributed by atoms with Crippen LogP contribution in [0.2, 0.25) is 0 Å². The van der Waals surface area contributed by atoms with E-state index in [9.17, 15) is 0 Å². The molecule has 0 fully saturated rings. The Balaban J connectivity index is 3.48. The van der Waals surface area contributed by atoms with Gasteiger partial charge in [-0.05, 0) is 19.3 Å². The molecule has 0 aromatic heterocycles. The first-order valence-corrected chi connectivity index (χ1v) is 4.30. The van der Waals surface area contributed by atoms with Crippen LogP contribution in [0, 0.1) is 11.2 Å². The molecule has 0 saturated heterocycles. The Hall–Kier alpha value is -0.745. The van der Waals surface area contributed by atoms with E-state index in [1.807, 2.05) is 20.2 Å². The lowest BCUT2D eigenvalue weighted by Crippen LogP contribution is -2.43. The second-order valence-electron chi connectivity index (χ2n) is 3.54. The third kappa shape index (κ3) is 6.00. The van der Waals surface area contributed by atoms with Crippen molar-refractivity contribution in [3.8, 4) is 5.97 Å². The van der Waals surface area contributed by atoms with E-state index >= 15 is 0 Å². The monoisotopic (exact) mass is 164 g/mol. The molecule has 2 radical (unpaired) electrons. The molecule has 3 heteroatoms. The summed E-state index contributed by atoms with van der Waals surface area (Å²) in [6, 6.07) is 0. The number of nitrogens with zero attached hydrogens (tertiary/aromatic N) is 2. The number of allylic oxidation sites excluding steroid dienone is 1. The summed E-state index contributed by atoms with van der Waals surface area (Å²) in [6.07, 6.45) is 5.34. The average molecular weight is 164 g/mol. The maximum absolute atomic E-state index is 8.47. The highest BCUT2D eigenvalue weighted by Crippen LogP contribution is 2.01. The molecule has 0 spiro atoms. The summed E-state index contributed by atoms with van der Waals surface area (Å²) in [4.78, 5) is 0. The Bertz CT molecular complexity index is 170. The van der Waals surface area contributed by atoms with Crippen molar-refractivity contribution >= 4 is 7.41 Å². The zero-order valence-corrected chi connectivity index (χ0v) is 8.08. The molecule has 0 aliphatic carbocycles. The third-order valence-corrected chi connectivity index (χ3v) is 1.80. The summed E-state index contributed by atoms with van der Waals surface area (Å²) in [6.45, 7) is 4.69. The fourth-order valence-electron chi connectivity index (χ4n) is 1.03. The van der Waals surface area contributed by atoms with Gasteiger partial charge in [0.15, 0.2) is 0 Å². The fraction of sp³-hybridized carbons (Fsp3) is 0.667. The van der Waals surface area contributed by atoms with Crippen LogP contribution in [0.25, 0.3) is 0 Å². The van der Waals surface area contributed by atoms with E-state index in [1.54, 1.807) is 7.41 Å². The van der Waals surface area contributed by atoms with Crippen molar-refractivity contribution in [3.05, 3.63) is 12.7 Å². The van der Waals surface area contributed by atoms with Crippen LogP contribution in [0.3, 0.4) is 0 Å². The van der Waals surface area contributed by atoms with Crippen LogP contribution in [-0.2, 0) is 0 Å². The lowest BCUT2D eigenvalue weighted by Gasteiger charge is -2.40. The Kier molecular flexibility index (Phi) is 5.49. The standard InChI is InChI=1S/C9H17BN2/c1-4-5-6-7-8-12(2,3)10-9-11/h4H,1,5-8H2,2-3H3. The number of hydrogen-bond donors (Lipinski definition) is 0. The van der Waals surface area contributed by atoms with Gasteiger partial charge in [-0.3, -0.25) is 0 Å². The largest absolute Gasteiger partial charge is 0.553 e. The molecule has 0 heterocycles. The molecule has 0 unspecified atom stereocenters. The molecule has 0 aromatic rings. The predicted molar refractivity (Wildman–Crippen MR) is 52.4 cm³/mol. The minimum Gasteiger partial charge on any atom is -0.553 e. The normalized spacial score (nSPS) is 10.8. The first-order chi connectivity index (χ1) is 5.62. The number of nitriles is 1. The molecular weight excluding hydrogens is 147 g/mol. The van der Waals surface area contributed by atoms with Gasteiger partial charge in [-0.15, -0.1) is 12.5 Å². The highest BCUT2D eigenvalue weighted by atomic mass is 15.2. The maximum Gasteiger partial charge on any atom is 0.126 e. The number of unbranched alkanes of at least 4 members (excludes halogenated alkanes) is 2. The van der Waals surface area contributed by atoms with Gasteiger partial charge >= 0.3 is 0 Å². The van der Waals surface area contributed by atoms with Gasteiger partial charge in [-0.25, -0.2) is 5.26 Å². The van der Waals surface area contributed by atoms with Crippen LogP contribution in [0.4, 0.5) is 0 Å². The quantitative estimate of drug-likeness (QED) is 0.331. The Morgan fingerprint density at radius 1 is 1.50 bits per heavy atom. The third-order valence-electron chi connectivity index (χ3n) is 1.80. The van der Waals surface area contributed by atoms with Gasteiger partial charge in [0.05, 0.1) is 0 Å². The molecule has 0 saturated carbocycles. The van der Waals surface area contributed by atoms with Crippen molar-refractivity contribution in [1.29, 1.82) is 5.26 Å². The van der Waals surface area contributed by atoms with Gasteiger partial charge in [0.25, 0.3) is 0 Å². The minimum absolute atomic E-state index is 0.688. The van der Waals surface area contributed by atoms with E-state index in [0.717, 1.165) is 19.4 Å². The van der Waals surface area contributed by atoms with Crippen molar-refractivity contribution in [2.45, 2.75) is 19.3 Å². The van der Waals surface area contributed by atoms with Crippen molar-refractivity contribution in [1.82, 2.24) is 0 Å². The second-order valence-corrected chi connectivity index (χ2v) is 3.54. The highest BCUT2D eigenvalue weighted by Gasteiger charge is 2.01. The van der Waals surface area contributed by atoms with E-state index in [4.69, 9.17) is 5.26 Å². The van der Waals surface area contributed by atoms with Crippen LogP contribution >= 0.6 is 0 Å². The van der Waals surface area contributed by atoms with E-state index in [-0.39, 0.29) is 0 Å². The molecule has 0 bridgehead atoms. The first kappa shape index (κ1) is 11.3. The molecule has 66 valence electrons. The average Bonchev–Trinajstić information content (AvgIpc) is 1.98. The zero-order valence-electron chi connectivity index (χ0n) is 8.08. The lowest BCUT2D eigenvalue weighted by atomic mass is 9.91. The van der Waals surface area contributed by atoms with Gasteiger partial charge in [0, 0.05) is 20.6 Å². The van der Waals surface area contributed by atoms with Gasteiger partial charge < -0.3 is 4.39 Å². The van der Waals surface area contributed by atoms with Crippen molar-refractivity contribution < 1.29 is 4.39 Å². The smallest absolute Gasteiger partial charge is 0.126 e. The highest BCUT2D eigenvalue weighted by molar-refractivity contribution is 6.36. The van der Waals surface area contributed by atoms with E-state index in [2.05, 4.69) is 12.5 Å². The molecule has 0 atom stereocenters. The molecule has 0 rings (SSSR count).